The number of hydrogen-bond acceptors (Lipinski definition) is 4. The van der Waals surface area contributed by atoms with Crippen LogP contribution in [0.2, 0.25) is 0 Å². The van der Waals surface area contributed by atoms with E-state index < -0.39 is 0 Å². The molecule has 0 aliphatic carbocycles. The Morgan fingerprint density at radius 3 is 2.83 bits per heavy atom. The highest BCUT2D eigenvalue weighted by Gasteiger charge is 2.22. The minimum absolute atomic E-state index is 0.144. The molecule has 1 aliphatic rings. The molecule has 1 aliphatic heterocycles. The van der Waals surface area contributed by atoms with Crippen LogP contribution in [0.15, 0.2) is 36.4 Å². The first kappa shape index (κ1) is 16.6. The predicted octanol–water partition coefficient (Wildman–Crippen LogP) is 2.52. The number of rotatable bonds is 4. The highest BCUT2D eigenvalue weighted by molar-refractivity contribution is 5.92. The number of aromatic nitrogens is 2. The van der Waals surface area contributed by atoms with Crippen molar-refractivity contribution in [2.45, 2.75) is 32.2 Å². The van der Waals surface area contributed by atoms with Gasteiger partial charge in [0.1, 0.15) is 11.5 Å². The second-order valence-electron chi connectivity index (χ2n) is 6.49. The number of carbonyl (C=O) groups excluding carboxylic acids is 1. The van der Waals surface area contributed by atoms with Crippen LogP contribution in [0.25, 0.3) is 0 Å². The Labute approximate surface area is 143 Å². The third kappa shape index (κ3) is 4.17. The van der Waals surface area contributed by atoms with Gasteiger partial charge in [0.15, 0.2) is 0 Å². The molecule has 5 nitrogen and oxygen atoms in total. The van der Waals surface area contributed by atoms with Crippen LogP contribution in [0.5, 0.6) is 0 Å². The zero-order valence-electron chi connectivity index (χ0n) is 14.3. The third-order valence-electron chi connectivity index (χ3n) is 4.43. The molecule has 126 valence electrons. The Kier molecular flexibility index (Phi) is 5.20. The summed E-state index contributed by atoms with van der Waals surface area (Å²) in [6.07, 6.45) is 2.28. The van der Waals surface area contributed by atoms with E-state index in [0.717, 1.165) is 30.8 Å². The molecule has 1 N–H and O–H groups in total. The average molecular weight is 324 g/mol. The Morgan fingerprint density at radius 1 is 1.29 bits per heavy atom. The quantitative estimate of drug-likeness (QED) is 0.939. The fraction of sp³-hybridized carbons (Fsp3) is 0.421. The van der Waals surface area contributed by atoms with Gasteiger partial charge in [0.2, 0.25) is 0 Å². The summed E-state index contributed by atoms with van der Waals surface area (Å²) >= 11 is 0. The molecule has 5 heteroatoms. The molecule has 0 unspecified atom stereocenters. The molecule has 1 amide bonds. The monoisotopic (exact) mass is 324 g/mol. The summed E-state index contributed by atoms with van der Waals surface area (Å²) < 4.78 is 0. The lowest BCUT2D eigenvalue weighted by Gasteiger charge is -2.29. The van der Waals surface area contributed by atoms with Crippen molar-refractivity contribution in [3.8, 4) is 0 Å². The van der Waals surface area contributed by atoms with Crippen molar-refractivity contribution in [2.24, 2.45) is 0 Å². The lowest BCUT2D eigenvalue weighted by Crippen LogP contribution is -2.32. The van der Waals surface area contributed by atoms with E-state index >= 15 is 0 Å². The number of likely N-dealkylation sites (N-methyl/N-ethyl adjacent to an activating group) is 1. The third-order valence-corrected chi connectivity index (χ3v) is 4.43. The van der Waals surface area contributed by atoms with Gasteiger partial charge in [-0.15, -0.1) is 0 Å². The molecule has 2 aromatic rings. The fourth-order valence-electron chi connectivity index (χ4n) is 3.19. The second kappa shape index (κ2) is 7.53. The number of nitrogens with one attached hydrogen (secondary N) is 1. The number of nitrogens with zero attached hydrogens (tertiary/aromatic N) is 3. The summed E-state index contributed by atoms with van der Waals surface area (Å²) in [6, 6.07) is 11.7. The SMILES string of the molecule is Cc1nc(C(=O)NCc2ccccc2)cc([C@H]2CCCN(C)C2)n1. The topological polar surface area (TPSA) is 58.1 Å². The van der Waals surface area contributed by atoms with Crippen LogP contribution in [0, 0.1) is 6.92 Å². The highest BCUT2D eigenvalue weighted by atomic mass is 16.1. The van der Waals surface area contributed by atoms with Gasteiger partial charge in [-0.1, -0.05) is 30.3 Å². The first-order valence-electron chi connectivity index (χ1n) is 8.48. The van der Waals surface area contributed by atoms with Crippen molar-refractivity contribution >= 4 is 5.91 Å². The molecule has 1 aromatic carbocycles. The van der Waals surface area contributed by atoms with Gasteiger partial charge in [-0.2, -0.15) is 0 Å². The van der Waals surface area contributed by atoms with Crippen molar-refractivity contribution in [3.05, 3.63) is 59.2 Å². The number of carbonyl (C=O) groups is 1. The van der Waals surface area contributed by atoms with E-state index in [2.05, 4.69) is 27.2 Å². The normalized spacial score (nSPS) is 18.3. The largest absolute Gasteiger partial charge is 0.347 e. The van der Waals surface area contributed by atoms with E-state index in [0.29, 0.717) is 24.0 Å². The van der Waals surface area contributed by atoms with Crippen molar-refractivity contribution in [1.29, 1.82) is 0 Å². The van der Waals surface area contributed by atoms with E-state index in [-0.39, 0.29) is 5.91 Å². The molecule has 0 radical (unpaired) electrons. The van der Waals surface area contributed by atoms with E-state index in [4.69, 9.17) is 0 Å². The number of amides is 1. The van der Waals surface area contributed by atoms with E-state index in [9.17, 15) is 4.79 Å². The summed E-state index contributed by atoms with van der Waals surface area (Å²) in [6.45, 7) is 4.47. The van der Waals surface area contributed by atoms with Gasteiger partial charge in [-0.3, -0.25) is 4.79 Å². The molecule has 0 spiro atoms. The fourth-order valence-corrected chi connectivity index (χ4v) is 3.19. The van der Waals surface area contributed by atoms with E-state index in [1.54, 1.807) is 0 Å². The van der Waals surface area contributed by atoms with Crippen LogP contribution in [-0.4, -0.2) is 40.9 Å². The maximum Gasteiger partial charge on any atom is 0.270 e. The summed E-state index contributed by atoms with van der Waals surface area (Å²) in [5.74, 6) is 0.895. The van der Waals surface area contributed by atoms with Crippen LogP contribution in [0.3, 0.4) is 0 Å². The van der Waals surface area contributed by atoms with E-state index in [1.807, 2.05) is 43.3 Å². The summed E-state index contributed by atoms with van der Waals surface area (Å²) in [7, 11) is 2.13. The van der Waals surface area contributed by atoms with Crippen LogP contribution in [-0.2, 0) is 6.54 Å². The standard InChI is InChI=1S/C19H24N4O/c1-14-21-17(16-9-6-10-23(2)13-16)11-18(22-14)19(24)20-12-15-7-4-3-5-8-15/h3-5,7-8,11,16H,6,9-10,12-13H2,1-2H3,(H,20,24)/t16-/m0/s1. The van der Waals surface area contributed by atoms with Crippen LogP contribution in [0.4, 0.5) is 0 Å². The maximum absolute atomic E-state index is 12.5. The molecule has 3 rings (SSSR count). The molecule has 2 heterocycles. The van der Waals surface area contributed by atoms with Gasteiger partial charge in [-0.05, 0) is 45.0 Å². The summed E-state index contributed by atoms with van der Waals surface area (Å²) in [4.78, 5) is 23.7. The number of benzene rings is 1. The lowest BCUT2D eigenvalue weighted by molar-refractivity contribution is 0.0945. The van der Waals surface area contributed by atoms with Crippen LogP contribution < -0.4 is 5.32 Å². The summed E-state index contributed by atoms with van der Waals surface area (Å²) in [5, 5.41) is 2.94. The van der Waals surface area contributed by atoms with Gasteiger partial charge in [0.05, 0.1) is 0 Å². The van der Waals surface area contributed by atoms with E-state index in [1.165, 1.54) is 6.42 Å². The molecule has 1 saturated heterocycles. The van der Waals surface area contributed by atoms with Gasteiger partial charge < -0.3 is 10.2 Å². The molecular weight excluding hydrogens is 300 g/mol. The Balaban J connectivity index is 1.72. The average Bonchev–Trinajstić information content (AvgIpc) is 2.60. The van der Waals surface area contributed by atoms with Gasteiger partial charge in [0, 0.05) is 24.7 Å². The van der Waals surface area contributed by atoms with Crippen molar-refractivity contribution in [3.63, 3.8) is 0 Å². The minimum Gasteiger partial charge on any atom is -0.347 e. The first-order chi connectivity index (χ1) is 11.6. The molecule has 0 saturated carbocycles. The Morgan fingerprint density at radius 2 is 2.08 bits per heavy atom. The zero-order chi connectivity index (χ0) is 16.9. The van der Waals surface area contributed by atoms with Crippen molar-refractivity contribution in [2.75, 3.05) is 20.1 Å². The molecule has 1 fully saturated rings. The Bertz CT molecular complexity index is 702. The molecule has 1 aromatic heterocycles. The highest BCUT2D eigenvalue weighted by Crippen LogP contribution is 2.25. The minimum atomic E-state index is -0.144. The molecular formula is C19H24N4O. The first-order valence-corrected chi connectivity index (χ1v) is 8.48. The van der Waals surface area contributed by atoms with Gasteiger partial charge in [-0.25, -0.2) is 9.97 Å². The lowest BCUT2D eigenvalue weighted by atomic mass is 9.94. The van der Waals surface area contributed by atoms with Crippen LogP contribution in [0.1, 0.15) is 46.3 Å². The smallest absolute Gasteiger partial charge is 0.270 e. The van der Waals surface area contributed by atoms with Gasteiger partial charge >= 0.3 is 0 Å². The van der Waals surface area contributed by atoms with Crippen molar-refractivity contribution in [1.82, 2.24) is 20.2 Å². The zero-order valence-corrected chi connectivity index (χ0v) is 14.3. The number of hydrogen-bond donors (Lipinski definition) is 1. The maximum atomic E-state index is 12.5. The molecule has 0 bridgehead atoms. The summed E-state index contributed by atoms with van der Waals surface area (Å²) in [5.41, 5.74) is 2.52. The Hall–Kier alpha value is -2.27. The van der Waals surface area contributed by atoms with Gasteiger partial charge in [0.25, 0.3) is 5.91 Å². The van der Waals surface area contributed by atoms with Crippen molar-refractivity contribution < 1.29 is 4.79 Å². The number of piperidine rings is 1. The predicted molar refractivity (Wildman–Crippen MR) is 93.9 cm³/mol. The molecule has 1 atom stereocenters. The molecule has 24 heavy (non-hydrogen) atoms. The number of likely N-dealkylation sites (tertiary alicyclic amines) is 1. The van der Waals surface area contributed by atoms with Crippen LogP contribution >= 0.6 is 0 Å². The second-order valence-corrected chi connectivity index (χ2v) is 6.49. The number of aryl methyl sites for hydroxylation is 1.